The molecule has 1 unspecified atom stereocenters. The van der Waals surface area contributed by atoms with Crippen LogP contribution in [0.5, 0.6) is 0 Å². The Morgan fingerprint density at radius 1 is 0.935 bits per heavy atom. The topological polar surface area (TPSA) is 49.8 Å². The van der Waals surface area contributed by atoms with Gasteiger partial charge in [-0.25, -0.2) is 0 Å². The van der Waals surface area contributed by atoms with E-state index in [0.717, 1.165) is 51.7 Å². The molecule has 1 saturated heterocycles. The number of nitrogens with zero attached hydrogens (tertiary/aromatic N) is 1. The van der Waals surface area contributed by atoms with Crippen LogP contribution in [0.15, 0.2) is 54.6 Å². The average molecular weight is 424 g/mol. The number of benzene rings is 2. The fourth-order valence-electron chi connectivity index (χ4n) is 4.28. The van der Waals surface area contributed by atoms with Gasteiger partial charge >= 0.3 is 5.97 Å². The molecule has 0 saturated carbocycles. The van der Waals surface area contributed by atoms with Gasteiger partial charge in [0.05, 0.1) is 6.10 Å². The molecule has 1 fully saturated rings. The van der Waals surface area contributed by atoms with Crippen LogP contribution in [0.4, 0.5) is 0 Å². The van der Waals surface area contributed by atoms with E-state index < -0.39 is 5.97 Å². The molecule has 0 amide bonds. The number of likely N-dealkylation sites (tertiary alicyclic amines) is 1. The second kappa shape index (κ2) is 12.0. The van der Waals surface area contributed by atoms with Gasteiger partial charge in [-0.05, 0) is 54.8 Å². The number of carbonyl (C=O) groups is 1. The fourth-order valence-corrected chi connectivity index (χ4v) is 4.28. The van der Waals surface area contributed by atoms with E-state index in [2.05, 4.69) is 73.3 Å². The van der Waals surface area contributed by atoms with E-state index in [-0.39, 0.29) is 18.6 Å². The van der Waals surface area contributed by atoms with Gasteiger partial charge in [-0.15, -0.1) is 0 Å². The van der Waals surface area contributed by atoms with Crippen LogP contribution in [0.1, 0.15) is 81.1 Å². The third-order valence-corrected chi connectivity index (χ3v) is 6.24. The Labute approximate surface area is 187 Å². The standard InChI is InChI=1S/C27H37NO3/c1-21(2)22-12-14-24(15-13-22)27(23-9-5-3-6-10-23)31-25-16-19-28(20-17-25)18-8-4-7-11-26(29)30/h3,5-6,9-10,12-15,21,25,27H,4,7-8,11,16-20H2,1-2H3,(H,29,30). The van der Waals surface area contributed by atoms with Gasteiger partial charge in [-0.1, -0.05) is 74.9 Å². The Balaban J connectivity index is 1.54. The van der Waals surface area contributed by atoms with Crippen LogP contribution in [0.2, 0.25) is 0 Å². The Morgan fingerprint density at radius 3 is 2.16 bits per heavy atom. The van der Waals surface area contributed by atoms with Crippen molar-refractivity contribution in [2.24, 2.45) is 0 Å². The van der Waals surface area contributed by atoms with Crippen molar-refractivity contribution < 1.29 is 14.6 Å². The molecule has 1 aliphatic heterocycles. The summed E-state index contributed by atoms with van der Waals surface area (Å²) in [6, 6.07) is 19.4. The third-order valence-electron chi connectivity index (χ3n) is 6.24. The van der Waals surface area contributed by atoms with Crippen LogP contribution in [-0.2, 0) is 9.53 Å². The summed E-state index contributed by atoms with van der Waals surface area (Å²) in [6.45, 7) is 7.61. The molecule has 0 radical (unpaired) electrons. The van der Waals surface area contributed by atoms with Crippen molar-refractivity contribution in [3.8, 4) is 0 Å². The van der Waals surface area contributed by atoms with Crippen molar-refractivity contribution in [1.82, 2.24) is 4.90 Å². The van der Waals surface area contributed by atoms with Gasteiger partial charge in [0, 0.05) is 19.5 Å². The summed E-state index contributed by atoms with van der Waals surface area (Å²) >= 11 is 0. The molecule has 168 valence electrons. The highest BCUT2D eigenvalue weighted by molar-refractivity contribution is 5.66. The summed E-state index contributed by atoms with van der Waals surface area (Å²) in [4.78, 5) is 13.1. The zero-order valence-corrected chi connectivity index (χ0v) is 19.0. The minimum atomic E-state index is -0.690. The molecule has 4 nitrogen and oxygen atoms in total. The van der Waals surface area contributed by atoms with Gasteiger partial charge in [-0.2, -0.15) is 0 Å². The smallest absolute Gasteiger partial charge is 0.303 e. The van der Waals surface area contributed by atoms with E-state index in [4.69, 9.17) is 9.84 Å². The molecular weight excluding hydrogens is 386 g/mol. The first kappa shape index (κ1) is 23.5. The maximum atomic E-state index is 10.6. The van der Waals surface area contributed by atoms with E-state index in [9.17, 15) is 4.79 Å². The number of aliphatic carboxylic acids is 1. The summed E-state index contributed by atoms with van der Waals surface area (Å²) in [5.41, 5.74) is 3.78. The van der Waals surface area contributed by atoms with Crippen LogP contribution >= 0.6 is 0 Å². The molecule has 1 atom stereocenters. The summed E-state index contributed by atoms with van der Waals surface area (Å²) in [5.74, 6) is -0.164. The van der Waals surface area contributed by atoms with E-state index in [0.29, 0.717) is 5.92 Å². The van der Waals surface area contributed by atoms with E-state index >= 15 is 0 Å². The predicted molar refractivity (Wildman–Crippen MR) is 125 cm³/mol. The lowest BCUT2D eigenvalue weighted by Crippen LogP contribution is -2.38. The van der Waals surface area contributed by atoms with Crippen LogP contribution in [0, 0.1) is 0 Å². The molecule has 2 aromatic carbocycles. The van der Waals surface area contributed by atoms with Gasteiger partial charge in [0.1, 0.15) is 6.10 Å². The molecule has 0 aliphatic carbocycles. The lowest BCUT2D eigenvalue weighted by atomic mass is 9.96. The maximum Gasteiger partial charge on any atom is 0.303 e. The van der Waals surface area contributed by atoms with E-state index in [1.807, 2.05) is 0 Å². The average Bonchev–Trinajstić information content (AvgIpc) is 2.78. The molecule has 4 heteroatoms. The summed E-state index contributed by atoms with van der Waals surface area (Å²) in [7, 11) is 0. The zero-order valence-electron chi connectivity index (χ0n) is 19.0. The molecule has 1 N–H and O–H groups in total. The highest BCUT2D eigenvalue weighted by Crippen LogP contribution is 2.31. The lowest BCUT2D eigenvalue weighted by Gasteiger charge is -2.34. The molecule has 0 spiro atoms. The van der Waals surface area contributed by atoms with Crippen molar-refractivity contribution in [3.63, 3.8) is 0 Å². The van der Waals surface area contributed by atoms with Crippen molar-refractivity contribution in [2.75, 3.05) is 19.6 Å². The van der Waals surface area contributed by atoms with Crippen molar-refractivity contribution in [2.45, 2.75) is 70.5 Å². The first-order chi connectivity index (χ1) is 15.0. The van der Waals surface area contributed by atoms with Crippen LogP contribution < -0.4 is 0 Å². The van der Waals surface area contributed by atoms with Gasteiger partial charge in [0.15, 0.2) is 0 Å². The lowest BCUT2D eigenvalue weighted by molar-refractivity contribution is -0.137. The SMILES string of the molecule is CC(C)c1ccc(C(OC2CCN(CCCCCC(=O)O)CC2)c2ccccc2)cc1. The Hall–Kier alpha value is -2.17. The summed E-state index contributed by atoms with van der Waals surface area (Å²) < 4.78 is 6.69. The summed E-state index contributed by atoms with van der Waals surface area (Å²) in [6.07, 6.45) is 5.45. The monoisotopic (exact) mass is 423 g/mol. The normalized spacial score (nSPS) is 16.5. The molecular formula is C27H37NO3. The van der Waals surface area contributed by atoms with E-state index in [1.165, 1.54) is 16.7 Å². The van der Waals surface area contributed by atoms with Gasteiger partial charge in [-0.3, -0.25) is 4.79 Å². The Morgan fingerprint density at radius 2 is 1.55 bits per heavy atom. The van der Waals surface area contributed by atoms with Crippen LogP contribution in [0.25, 0.3) is 0 Å². The third kappa shape index (κ3) is 7.48. The number of hydrogen-bond acceptors (Lipinski definition) is 3. The molecule has 2 aromatic rings. The van der Waals surface area contributed by atoms with Gasteiger partial charge in [0.2, 0.25) is 0 Å². The van der Waals surface area contributed by atoms with Crippen molar-refractivity contribution >= 4 is 5.97 Å². The number of rotatable bonds is 11. The first-order valence-electron chi connectivity index (χ1n) is 11.8. The number of ether oxygens (including phenoxy) is 1. The molecule has 0 aromatic heterocycles. The highest BCUT2D eigenvalue weighted by atomic mass is 16.5. The predicted octanol–water partition coefficient (Wildman–Crippen LogP) is 6.03. The maximum absolute atomic E-state index is 10.6. The Bertz CT molecular complexity index is 780. The first-order valence-corrected chi connectivity index (χ1v) is 11.8. The number of carboxylic acids is 1. The molecule has 1 aliphatic rings. The Kier molecular flexibility index (Phi) is 9.11. The fraction of sp³-hybridized carbons (Fsp3) is 0.519. The molecule has 31 heavy (non-hydrogen) atoms. The number of unbranched alkanes of at least 4 members (excludes halogenated alkanes) is 2. The molecule has 3 rings (SSSR count). The zero-order chi connectivity index (χ0) is 22.1. The quantitative estimate of drug-likeness (QED) is 0.449. The second-order valence-corrected chi connectivity index (χ2v) is 8.99. The number of piperidine rings is 1. The molecule has 0 bridgehead atoms. The highest BCUT2D eigenvalue weighted by Gasteiger charge is 2.24. The minimum absolute atomic E-state index is 0.0324. The number of carboxylic acid groups (broad SMARTS) is 1. The van der Waals surface area contributed by atoms with Crippen molar-refractivity contribution in [1.29, 1.82) is 0 Å². The van der Waals surface area contributed by atoms with Crippen molar-refractivity contribution in [3.05, 3.63) is 71.3 Å². The number of hydrogen-bond donors (Lipinski definition) is 1. The summed E-state index contributed by atoms with van der Waals surface area (Å²) in [5, 5.41) is 8.74. The molecule has 1 heterocycles. The minimum Gasteiger partial charge on any atom is -0.481 e. The van der Waals surface area contributed by atoms with Crippen LogP contribution in [-0.4, -0.2) is 41.7 Å². The van der Waals surface area contributed by atoms with Gasteiger partial charge in [0.25, 0.3) is 0 Å². The second-order valence-electron chi connectivity index (χ2n) is 8.99. The van der Waals surface area contributed by atoms with E-state index in [1.54, 1.807) is 0 Å². The van der Waals surface area contributed by atoms with Gasteiger partial charge < -0.3 is 14.7 Å². The van der Waals surface area contributed by atoms with Crippen LogP contribution in [0.3, 0.4) is 0 Å². The largest absolute Gasteiger partial charge is 0.481 e.